The van der Waals surface area contributed by atoms with Crippen molar-refractivity contribution in [1.29, 1.82) is 0 Å². The SMILES string of the molecule is COC(=O)c1csc(CN(CCC(C)C)S(=O)(=O)CC23CCC(CC2=O)C3(C)C)n1. The Labute approximate surface area is 183 Å². The summed E-state index contributed by atoms with van der Waals surface area (Å²) >= 11 is 1.24. The number of methoxy groups -OCH3 is 1. The molecule has 0 aliphatic heterocycles. The quantitative estimate of drug-likeness (QED) is 0.528. The number of aromatic nitrogens is 1. The van der Waals surface area contributed by atoms with Gasteiger partial charge in [0.2, 0.25) is 10.0 Å². The number of fused-ring (bicyclic) bond motifs is 2. The van der Waals surface area contributed by atoms with E-state index in [2.05, 4.69) is 4.98 Å². The minimum atomic E-state index is -3.70. The van der Waals surface area contributed by atoms with E-state index in [-0.39, 0.29) is 35.1 Å². The van der Waals surface area contributed by atoms with Crippen LogP contribution in [0.4, 0.5) is 0 Å². The second-order valence-corrected chi connectivity index (χ2v) is 12.5. The minimum Gasteiger partial charge on any atom is -0.464 e. The molecule has 0 aromatic carbocycles. The van der Waals surface area contributed by atoms with Gasteiger partial charge in [-0.25, -0.2) is 18.2 Å². The molecule has 2 fully saturated rings. The van der Waals surface area contributed by atoms with Crippen LogP contribution in [-0.4, -0.2) is 48.9 Å². The van der Waals surface area contributed by atoms with Crippen molar-refractivity contribution < 1.29 is 22.7 Å². The van der Waals surface area contributed by atoms with Gasteiger partial charge in [0.1, 0.15) is 10.8 Å². The Morgan fingerprint density at radius 2 is 2.10 bits per heavy atom. The van der Waals surface area contributed by atoms with Crippen molar-refractivity contribution in [3.8, 4) is 0 Å². The molecule has 2 aliphatic carbocycles. The van der Waals surface area contributed by atoms with Crippen molar-refractivity contribution in [2.45, 2.75) is 59.9 Å². The first-order valence-corrected chi connectivity index (χ1v) is 13.0. The van der Waals surface area contributed by atoms with Gasteiger partial charge in [0.15, 0.2) is 5.69 Å². The molecule has 2 aliphatic rings. The van der Waals surface area contributed by atoms with E-state index in [1.807, 2.05) is 27.7 Å². The maximum absolute atomic E-state index is 13.6. The first-order chi connectivity index (χ1) is 13.9. The number of ketones is 1. The monoisotopic (exact) mass is 456 g/mol. The lowest BCUT2D eigenvalue weighted by Crippen LogP contribution is -2.46. The van der Waals surface area contributed by atoms with Crippen LogP contribution >= 0.6 is 11.3 Å². The maximum Gasteiger partial charge on any atom is 0.357 e. The van der Waals surface area contributed by atoms with Crippen LogP contribution in [0.2, 0.25) is 0 Å². The van der Waals surface area contributed by atoms with Gasteiger partial charge in [-0.3, -0.25) is 4.79 Å². The van der Waals surface area contributed by atoms with Gasteiger partial charge < -0.3 is 4.74 Å². The van der Waals surface area contributed by atoms with Gasteiger partial charge in [0.05, 0.1) is 19.4 Å². The number of Topliss-reactive ketones (excluding diaryl/α,β-unsaturated/α-hetero) is 1. The van der Waals surface area contributed by atoms with E-state index < -0.39 is 21.4 Å². The Balaban J connectivity index is 1.86. The van der Waals surface area contributed by atoms with E-state index in [0.717, 1.165) is 6.42 Å². The summed E-state index contributed by atoms with van der Waals surface area (Å²) in [5.74, 6) is 0.0195. The summed E-state index contributed by atoms with van der Waals surface area (Å²) < 4.78 is 33.3. The predicted octanol–water partition coefficient (Wildman–Crippen LogP) is 3.50. The molecular weight excluding hydrogens is 424 g/mol. The Morgan fingerprint density at radius 3 is 2.63 bits per heavy atom. The highest BCUT2D eigenvalue weighted by Gasteiger charge is 2.65. The number of thiazole rings is 1. The molecule has 1 aromatic heterocycles. The number of rotatable bonds is 9. The molecule has 9 heteroatoms. The molecule has 2 unspecified atom stereocenters. The number of carbonyl (C=O) groups excluding carboxylic acids is 2. The standard InChI is InChI=1S/C21H32N2O5S2/c1-14(2)7-9-23(11-18-22-16(12-29-18)19(25)28-5)30(26,27)13-21-8-6-15(10-17(21)24)20(21,3)4/h12,14-15H,6-11,13H2,1-5H3. The molecule has 2 saturated carbocycles. The molecular formula is C21H32N2O5S2. The molecule has 168 valence electrons. The lowest BCUT2D eigenvalue weighted by atomic mass is 9.70. The Hall–Kier alpha value is -1.32. The fraction of sp³-hybridized carbons (Fsp3) is 0.762. The van der Waals surface area contributed by atoms with E-state index in [4.69, 9.17) is 4.74 Å². The van der Waals surface area contributed by atoms with Crippen LogP contribution in [0.25, 0.3) is 0 Å². The van der Waals surface area contributed by atoms with Crippen LogP contribution in [0.3, 0.4) is 0 Å². The molecule has 0 saturated heterocycles. The van der Waals surface area contributed by atoms with Gasteiger partial charge in [-0.1, -0.05) is 27.7 Å². The summed E-state index contributed by atoms with van der Waals surface area (Å²) in [5.41, 5.74) is -0.921. The summed E-state index contributed by atoms with van der Waals surface area (Å²) in [7, 11) is -2.41. The average molecular weight is 457 g/mol. The van der Waals surface area contributed by atoms with Crippen molar-refractivity contribution in [3.63, 3.8) is 0 Å². The third kappa shape index (κ3) is 4.08. The maximum atomic E-state index is 13.6. The molecule has 2 bridgehead atoms. The van der Waals surface area contributed by atoms with Gasteiger partial charge in [-0.05, 0) is 36.5 Å². The van der Waals surface area contributed by atoms with Crippen molar-refractivity contribution in [2.75, 3.05) is 19.4 Å². The zero-order chi connectivity index (χ0) is 22.3. The smallest absolute Gasteiger partial charge is 0.357 e. The molecule has 2 atom stereocenters. The summed E-state index contributed by atoms with van der Waals surface area (Å²) in [5, 5.41) is 2.12. The summed E-state index contributed by atoms with van der Waals surface area (Å²) in [6, 6.07) is 0. The Morgan fingerprint density at radius 1 is 1.40 bits per heavy atom. The Bertz CT molecular complexity index is 922. The molecule has 30 heavy (non-hydrogen) atoms. The summed E-state index contributed by atoms with van der Waals surface area (Å²) in [4.78, 5) is 28.8. The fourth-order valence-corrected chi connectivity index (χ4v) is 8.01. The molecule has 0 N–H and O–H groups in total. The lowest BCUT2D eigenvalue weighted by molar-refractivity contribution is -0.128. The third-order valence-corrected chi connectivity index (χ3v) is 9.96. The van der Waals surface area contributed by atoms with Gasteiger partial charge in [0, 0.05) is 23.8 Å². The van der Waals surface area contributed by atoms with Gasteiger partial charge in [-0.2, -0.15) is 4.31 Å². The molecule has 0 amide bonds. The number of ether oxygens (including phenoxy) is 1. The van der Waals surface area contributed by atoms with Crippen LogP contribution in [0.15, 0.2) is 5.38 Å². The van der Waals surface area contributed by atoms with E-state index in [9.17, 15) is 18.0 Å². The highest BCUT2D eigenvalue weighted by Crippen LogP contribution is 2.64. The molecule has 1 heterocycles. The second-order valence-electron chi connectivity index (χ2n) is 9.56. The van der Waals surface area contributed by atoms with Crippen LogP contribution in [0.1, 0.15) is 68.9 Å². The van der Waals surface area contributed by atoms with Crippen LogP contribution in [-0.2, 0) is 26.1 Å². The number of nitrogens with zero attached hydrogens (tertiary/aromatic N) is 2. The lowest BCUT2D eigenvalue weighted by Gasteiger charge is -2.37. The molecule has 3 rings (SSSR count). The molecule has 0 radical (unpaired) electrons. The zero-order valence-electron chi connectivity index (χ0n) is 18.4. The highest BCUT2D eigenvalue weighted by molar-refractivity contribution is 7.89. The average Bonchev–Trinajstić information content (AvgIpc) is 3.27. The first-order valence-electron chi connectivity index (χ1n) is 10.5. The normalized spacial score (nSPS) is 25.4. The number of carbonyl (C=O) groups is 2. The van der Waals surface area contributed by atoms with Gasteiger partial charge in [-0.15, -0.1) is 11.3 Å². The number of hydrogen-bond acceptors (Lipinski definition) is 7. The molecule has 7 nitrogen and oxygen atoms in total. The van der Waals surface area contributed by atoms with Crippen molar-refractivity contribution in [2.24, 2.45) is 22.7 Å². The first kappa shape index (κ1) is 23.3. The number of sulfonamides is 1. The van der Waals surface area contributed by atoms with Crippen molar-refractivity contribution >= 4 is 33.1 Å². The molecule has 1 aromatic rings. The van der Waals surface area contributed by atoms with E-state index in [1.54, 1.807) is 5.38 Å². The fourth-order valence-electron chi connectivity index (χ4n) is 4.96. The number of hydrogen-bond donors (Lipinski definition) is 0. The zero-order valence-corrected chi connectivity index (χ0v) is 20.1. The van der Waals surface area contributed by atoms with Gasteiger partial charge >= 0.3 is 5.97 Å². The van der Waals surface area contributed by atoms with Gasteiger partial charge in [0.25, 0.3) is 0 Å². The van der Waals surface area contributed by atoms with Crippen LogP contribution < -0.4 is 0 Å². The minimum absolute atomic E-state index is 0.0957. The summed E-state index contributed by atoms with van der Waals surface area (Å²) in [6.07, 6.45) is 2.75. The topological polar surface area (TPSA) is 93.6 Å². The largest absolute Gasteiger partial charge is 0.464 e. The van der Waals surface area contributed by atoms with Crippen LogP contribution in [0, 0.1) is 22.7 Å². The summed E-state index contributed by atoms with van der Waals surface area (Å²) in [6.45, 7) is 8.66. The number of esters is 1. The van der Waals surface area contributed by atoms with E-state index in [1.165, 1.54) is 22.8 Å². The van der Waals surface area contributed by atoms with E-state index in [0.29, 0.717) is 36.7 Å². The third-order valence-electron chi connectivity index (χ3n) is 7.18. The molecule has 0 spiro atoms. The van der Waals surface area contributed by atoms with Crippen LogP contribution in [0.5, 0.6) is 0 Å². The van der Waals surface area contributed by atoms with Crippen molar-refractivity contribution in [3.05, 3.63) is 16.1 Å². The highest BCUT2D eigenvalue weighted by atomic mass is 32.2. The predicted molar refractivity (Wildman–Crippen MR) is 116 cm³/mol. The van der Waals surface area contributed by atoms with Crippen molar-refractivity contribution in [1.82, 2.24) is 9.29 Å². The Kier molecular flexibility index (Phi) is 6.47. The van der Waals surface area contributed by atoms with E-state index >= 15 is 0 Å². The second kappa shape index (κ2) is 8.31.